The Balaban J connectivity index is 1.64. The summed E-state index contributed by atoms with van der Waals surface area (Å²) in [6.07, 6.45) is -0.461. The lowest BCUT2D eigenvalue weighted by Crippen LogP contribution is -2.34. The van der Waals surface area contributed by atoms with Gasteiger partial charge in [0, 0.05) is 18.4 Å². The van der Waals surface area contributed by atoms with E-state index in [-0.39, 0.29) is 11.8 Å². The summed E-state index contributed by atoms with van der Waals surface area (Å²) < 4.78 is 49.4. The molecule has 1 heterocycles. The van der Waals surface area contributed by atoms with Gasteiger partial charge in [-0.1, -0.05) is 74.5 Å². The average molecular weight is 629 g/mol. The van der Waals surface area contributed by atoms with Gasteiger partial charge in [0.15, 0.2) is 29.3 Å². The van der Waals surface area contributed by atoms with Crippen molar-refractivity contribution in [2.75, 3.05) is 35.0 Å². The Labute approximate surface area is 272 Å². The van der Waals surface area contributed by atoms with E-state index < -0.39 is 11.9 Å². The molecule has 3 atom stereocenters. The molecule has 4 aromatic carbocycles. The highest BCUT2D eigenvalue weighted by atomic mass is 16.7. The second kappa shape index (κ2) is 14.8. The Kier molecular flexibility index (Phi) is 10.6. The molecule has 1 saturated heterocycles. The highest BCUT2D eigenvalue weighted by molar-refractivity contribution is 5.60. The third kappa shape index (κ3) is 6.46. The molecule has 5 rings (SSSR count). The lowest BCUT2D eigenvalue weighted by molar-refractivity contribution is -0.169. The van der Waals surface area contributed by atoms with Gasteiger partial charge in [-0.15, -0.1) is 0 Å². The summed E-state index contributed by atoms with van der Waals surface area (Å²) in [6.45, 7) is 7.50. The average Bonchev–Trinajstić information content (AvgIpc) is 3.36. The van der Waals surface area contributed by atoms with E-state index in [1.54, 1.807) is 28.4 Å². The molecule has 0 saturated carbocycles. The van der Waals surface area contributed by atoms with Crippen LogP contribution in [0.15, 0.2) is 84.9 Å². The molecule has 244 valence electrons. The fraction of sp³-hybridized carbons (Fsp3) is 0.368. The Hall–Kier alpha value is -4.40. The normalized spacial score (nSPS) is 18.5. The van der Waals surface area contributed by atoms with Gasteiger partial charge in [-0.25, -0.2) is 0 Å². The van der Waals surface area contributed by atoms with Crippen LogP contribution in [0, 0.1) is 11.8 Å². The van der Waals surface area contributed by atoms with E-state index in [1.807, 2.05) is 91.9 Å². The Morgan fingerprint density at radius 1 is 0.609 bits per heavy atom. The first-order valence-electron chi connectivity index (χ1n) is 15.6. The molecular weight excluding hydrogens is 584 g/mol. The molecule has 8 nitrogen and oxygen atoms in total. The predicted octanol–water partition coefficient (Wildman–Crippen LogP) is 7.79. The number of hydrogen-bond acceptors (Lipinski definition) is 8. The van der Waals surface area contributed by atoms with Crippen molar-refractivity contribution < 1.29 is 37.9 Å². The topological polar surface area (TPSA) is 73.8 Å². The van der Waals surface area contributed by atoms with Crippen LogP contribution in [-0.2, 0) is 28.3 Å². The second-order valence-electron chi connectivity index (χ2n) is 11.3. The summed E-state index contributed by atoms with van der Waals surface area (Å²) in [7, 11) is 6.48. The molecule has 1 aliphatic rings. The molecule has 0 aliphatic carbocycles. The molecule has 0 aromatic heterocycles. The lowest BCUT2D eigenvalue weighted by Gasteiger charge is -2.36. The summed E-state index contributed by atoms with van der Waals surface area (Å²) in [6, 6.07) is 27.8. The quantitative estimate of drug-likeness (QED) is 0.140. The van der Waals surface area contributed by atoms with E-state index in [9.17, 15) is 0 Å². The summed E-state index contributed by atoms with van der Waals surface area (Å²) >= 11 is 0. The molecule has 8 heteroatoms. The van der Waals surface area contributed by atoms with Gasteiger partial charge in [-0.3, -0.25) is 0 Å². The van der Waals surface area contributed by atoms with Crippen molar-refractivity contribution in [1.82, 2.24) is 0 Å². The van der Waals surface area contributed by atoms with Crippen molar-refractivity contribution >= 4 is 0 Å². The van der Waals surface area contributed by atoms with E-state index in [0.29, 0.717) is 54.3 Å². The molecule has 0 spiro atoms. The van der Waals surface area contributed by atoms with Crippen LogP contribution in [0.25, 0.3) is 0 Å². The second-order valence-corrected chi connectivity index (χ2v) is 11.3. The predicted molar refractivity (Wildman–Crippen MR) is 176 cm³/mol. The largest absolute Gasteiger partial charge is 0.493 e. The van der Waals surface area contributed by atoms with Crippen LogP contribution in [0.3, 0.4) is 0 Å². The zero-order valence-electron chi connectivity index (χ0n) is 27.7. The van der Waals surface area contributed by atoms with Crippen LogP contribution < -0.4 is 28.4 Å². The van der Waals surface area contributed by atoms with Gasteiger partial charge in [-0.2, -0.15) is 0 Å². The summed E-state index contributed by atoms with van der Waals surface area (Å²) in [5, 5.41) is 0. The third-order valence-corrected chi connectivity index (χ3v) is 8.72. The highest BCUT2D eigenvalue weighted by Crippen LogP contribution is 2.56. The van der Waals surface area contributed by atoms with Gasteiger partial charge >= 0.3 is 0 Å². The first-order valence-corrected chi connectivity index (χ1v) is 15.6. The van der Waals surface area contributed by atoms with E-state index >= 15 is 0 Å². The molecule has 1 fully saturated rings. The number of hydrogen-bond donors (Lipinski definition) is 0. The zero-order chi connectivity index (χ0) is 32.7. The summed E-state index contributed by atoms with van der Waals surface area (Å²) in [5.41, 5.74) is 2.69. The third-order valence-electron chi connectivity index (χ3n) is 8.72. The van der Waals surface area contributed by atoms with Crippen LogP contribution in [0.2, 0.25) is 0 Å². The SMILES string of the molecule is CCOC1OC(c2cc(OC)c(OCc3ccccc3)c(OC)c2)(c2cc(OC)c(OCc3ccccc3)c(OC)c2)C(C)C1C. The van der Waals surface area contributed by atoms with Gasteiger partial charge in [0.2, 0.25) is 11.5 Å². The molecule has 46 heavy (non-hydrogen) atoms. The number of ether oxygens (including phenoxy) is 8. The number of benzene rings is 4. The Morgan fingerprint density at radius 3 is 1.35 bits per heavy atom. The standard InChI is InChI=1S/C38H44O8/c1-8-43-37-25(2)26(3)38(46-37,29-19-31(39-4)35(32(20-29)40-5)44-23-27-15-11-9-12-16-27)30-21-33(41-6)36(34(22-30)42-7)45-24-28-17-13-10-14-18-28/h9-22,25-26,37H,8,23-24H2,1-7H3. The van der Waals surface area contributed by atoms with E-state index in [4.69, 9.17) is 37.9 Å². The number of rotatable bonds is 14. The maximum atomic E-state index is 7.00. The zero-order valence-corrected chi connectivity index (χ0v) is 27.7. The van der Waals surface area contributed by atoms with Crippen LogP contribution in [-0.4, -0.2) is 41.3 Å². The van der Waals surface area contributed by atoms with Crippen molar-refractivity contribution in [3.8, 4) is 34.5 Å². The first kappa shape index (κ1) is 33.0. The van der Waals surface area contributed by atoms with Crippen molar-refractivity contribution in [2.24, 2.45) is 11.8 Å². The molecule has 1 aliphatic heterocycles. The maximum absolute atomic E-state index is 7.00. The minimum atomic E-state index is -1.00. The van der Waals surface area contributed by atoms with Crippen molar-refractivity contribution in [3.63, 3.8) is 0 Å². The number of methoxy groups -OCH3 is 4. The smallest absolute Gasteiger partial charge is 0.203 e. The van der Waals surface area contributed by atoms with E-state index in [2.05, 4.69) is 13.8 Å². The van der Waals surface area contributed by atoms with Crippen molar-refractivity contribution in [1.29, 1.82) is 0 Å². The lowest BCUT2D eigenvalue weighted by atomic mass is 9.73. The van der Waals surface area contributed by atoms with Gasteiger partial charge in [0.1, 0.15) is 18.8 Å². The van der Waals surface area contributed by atoms with Gasteiger partial charge in [-0.05, 0) is 53.4 Å². The molecule has 0 bridgehead atoms. The van der Waals surface area contributed by atoms with Crippen LogP contribution >= 0.6 is 0 Å². The Bertz CT molecular complexity index is 1420. The monoisotopic (exact) mass is 628 g/mol. The van der Waals surface area contributed by atoms with Gasteiger partial charge in [0.05, 0.1) is 28.4 Å². The molecule has 0 N–H and O–H groups in total. The van der Waals surface area contributed by atoms with E-state index in [1.165, 1.54) is 0 Å². The molecular formula is C38H44O8. The molecule has 4 aromatic rings. The highest BCUT2D eigenvalue weighted by Gasteiger charge is 2.54. The molecule has 3 unspecified atom stereocenters. The minimum Gasteiger partial charge on any atom is -0.493 e. The minimum absolute atomic E-state index is 0.0388. The maximum Gasteiger partial charge on any atom is 0.203 e. The molecule has 0 amide bonds. The summed E-state index contributed by atoms with van der Waals surface area (Å²) in [4.78, 5) is 0. The fourth-order valence-corrected chi connectivity index (χ4v) is 6.12. The van der Waals surface area contributed by atoms with Gasteiger partial charge < -0.3 is 37.9 Å². The van der Waals surface area contributed by atoms with Crippen molar-refractivity contribution in [3.05, 3.63) is 107 Å². The fourth-order valence-electron chi connectivity index (χ4n) is 6.12. The van der Waals surface area contributed by atoms with Crippen LogP contribution in [0.5, 0.6) is 34.5 Å². The van der Waals surface area contributed by atoms with Crippen LogP contribution in [0.4, 0.5) is 0 Å². The van der Waals surface area contributed by atoms with Gasteiger partial charge in [0.25, 0.3) is 0 Å². The van der Waals surface area contributed by atoms with E-state index in [0.717, 1.165) is 22.3 Å². The Morgan fingerprint density at radius 2 is 1.00 bits per heavy atom. The summed E-state index contributed by atoms with van der Waals surface area (Å²) in [5.74, 6) is 3.09. The molecule has 0 radical (unpaired) electrons. The van der Waals surface area contributed by atoms with Crippen molar-refractivity contribution in [2.45, 2.75) is 45.9 Å². The van der Waals surface area contributed by atoms with Crippen LogP contribution in [0.1, 0.15) is 43.0 Å². The first-order chi connectivity index (χ1) is 22.4.